The lowest BCUT2D eigenvalue weighted by atomic mass is 9.89. The maximum atomic E-state index is 12.4. The van der Waals surface area contributed by atoms with Gasteiger partial charge in [-0.3, -0.25) is 4.79 Å². The summed E-state index contributed by atoms with van der Waals surface area (Å²) in [5.74, 6) is 2.48. The Labute approximate surface area is 191 Å². The third-order valence-electron chi connectivity index (χ3n) is 6.37. The summed E-state index contributed by atoms with van der Waals surface area (Å²) < 4.78 is 8.26. The lowest BCUT2D eigenvalue weighted by Gasteiger charge is -2.20. The van der Waals surface area contributed by atoms with Crippen LogP contribution in [-0.4, -0.2) is 28.6 Å². The summed E-state index contributed by atoms with van der Waals surface area (Å²) in [6.07, 6.45) is 8.43. The van der Waals surface area contributed by atoms with Gasteiger partial charge in [-0.25, -0.2) is 4.98 Å². The predicted octanol–water partition coefficient (Wildman–Crippen LogP) is 5.44. The minimum absolute atomic E-state index is 0.224. The van der Waals surface area contributed by atoms with Crippen LogP contribution in [0.25, 0.3) is 11.0 Å². The normalized spacial score (nSPS) is 14.5. The Hall–Kier alpha value is -2.82. The second kappa shape index (κ2) is 11.2. The molecule has 1 aliphatic carbocycles. The Kier molecular flexibility index (Phi) is 7.81. The number of hydrogen-bond acceptors (Lipinski definition) is 3. The smallest absolute Gasteiger partial charge is 0.223 e. The molecular formula is C27H35N3O2. The molecule has 1 heterocycles. The molecule has 32 heavy (non-hydrogen) atoms. The molecule has 0 unspecified atom stereocenters. The average molecular weight is 434 g/mol. The quantitative estimate of drug-likeness (QED) is 0.433. The van der Waals surface area contributed by atoms with Crippen molar-refractivity contribution in [3.8, 4) is 5.75 Å². The fraction of sp³-hybridized carbons (Fsp3) is 0.481. The number of rotatable bonds is 10. The van der Waals surface area contributed by atoms with Crippen LogP contribution in [0.15, 0.2) is 48.5 Å². The summed E-state index contributed by atoms with van der Waals surface area (Å²) >= 11 is 0. The second-order valence-electron chi connectivity index (χ2n) is 8.92. The van der Waals surface area contributed by atoms with Gasteiger partial charge in [0.15, 0.2) is 0 Å². The first kappa shape index (κ1) is 22.4. The molecule has 2 aromatic carbocycles. The Bertz CT molecular complexity index is 1020. The summed E-state index contributed by atoms with van der Waals surface area (Å²) in [7, 11) is 0. The van der Waals surface area contributed by atoms with E-state index in [4.69, 9.17) is 9.72 Å². The molecule has 3 aromatic rings. The maximum absolute atomic E-state index is 12.4. The maximum Gasteiger partial charge on any atom is 0.223 e. The van der Waals surface area contributed by atoms with Gasteiger partial charge in [0.25, 0.3) is 0 Å². The number of hydrogen-bond donors (Lipinski definition) is 1. The highest BCUT2D eigenvalue weighted by Crippen LogP contribution is 2.23. The molecule has 1 saturated carbocycles. The molecule has 0 aliphatic heterocycles. The molecule has 1 aromatic heterocycles. The minimum Gasteiger partial charge on any atom is -0.494 e. The fourth-order valence-electron chi connectivity index (χ4n) is 4.65. The van der Waals surface area contributed by atoms with E-state index >= 15 is 0 Å². The summed E-state index contributed by atoms with van der Waals surface area (Å²) in [6.45, 7) is 4.34. The zero-order valence-corrected chi connectivity index (χ0v) is 19.2. The number of para-hydroxylation sites is 2. The van der Waals surface area contributed by atoms with Gasteiger partial charge in [-0.2, -0.15) is 0 Å². The van der Waals surface area contributed by atoms with E-state index in [9.17, 15) is 4.79 Å². The number of carbonyl (C=O) groups is 1. The van der Waals surface area contributed by atoms with Crippen molar-refractivity contribution in [1.29, 1.82) is 0 Å². The first-order valence-corrected chi connectivity index (χ1v) is 12.1. The highest BCUT2D eigenvalue weighted by atomic mass is 16.5. The lowest BCUT2D eigenvalue weighted by Crippen LogP contribution is -2.32. The van der Waals surface area contributed by atoms with E-state index in [1.165, 1.54) is 30.3 Å². The number of imidazole rings is 1. The van der Waals surface area contributed by atoms with Crippen LogP contribution in [0.4, 0.5) is 0 Å². The Morgan fingerprint density at radius 1 is 1.09 bits per heavy atom. The van der Waals surface area contributed by atoms with Crippen LogP contribution < -0.4 is 10.1 Å². The van der Waals surface area contributed by atoms with Crippen molar-refractivity contribution in [1.82, 2.24) is 14.9 Å². The molecule has 1 fully saturated rings. The summed E-state index contributed by atoms with van der Waals surface area (Å²) in [6, 6.07) is 16.5. The van der Waals surface area contributed by atoms with Crippen molar-refractivity contribution in [3.63, 3.8) is 0 Å². The van der Waals surface area contributed by atoms with Crippen molar-refractivity contribution in [2.24, 2.45) is 5.92 Å². The lowest BCUT2D eigenvalue weighted by molar-refractivity contribution is -0.125. The SMILES string of the molecule is Cc1cccc(OCCCn2c(CCCNC(=O)C3CCCCC3)nc3ccccc32)c1. The van der Waals surface area contributed by atoms with Crippen molar-refractivity contribution in [2.75, 3.05) is 13.2 Å². The standard InChI is InChI=1S/C27H35N3O2/c1-21-10-7-13-23(20-21)32-19-9-18-30-25-15-6-5-14-24(25)29-26(30)16-8-17-28-27(31)22-11-3-2-4-12-22/h5-7,10,13-15,20,22H,2-4,8-9,11-12,16-19H2,1H3,(H,28,31). The van der Waals surface area contributed by atoms with Gasteiger partial charge >= 0.3 is 0 Å². The molecule has 0 spiro atoms. The monoisotopic (exact) mass is 433 g/mol. The van der Waals surface area contributed by atoms with Gasteiger partial charge in [0.2, 0.25) is 5.91 Å². The number of fused-ring (bicyclic) bond motifs is 1. The van der Waals surface area contributed by atoms with E-state index in [2.05, 4.69) is 47.1 Å². The van der Waals surface area contributed by atoms with Crippen molar-refractivity contribution in [3.05, 3.63) is 59.9 Å². The van der Waals surface area contributed by atoms with Gasteiger partial charge in [0, 0.05) is 25.4 Å². The molecule has 170 valence electrons. The molecule has 1 amide bonds. The topological polar surface area (TPSA) is 56.1 Å². The number of nitrogens with zero attached hydrogens (tertiary/aromatic N) is 2. The van der Waals surface area contributed by atoms with Gasteiger partial charge in [0.05, 0.1) is 17.6 Å². The third kappa shape index (κ3) is 5.90. The van der Waals surface area contributed by atoms with E-state index in [-0.39, 0.29) is 11.8 Å². The van der Waals surface area contributed by atoms with Crippen molar-refractivity contribution >= 4 is 16.9 Å². The van der Waals surface area contributed by atoms with Gasteiger partial charge in [-0.05, 0) is 62.4 Å². The molecule has 0 radical (unpaired) electrons. The Morgan fingerprint density at radius 3 is 2.78 bits per heavy atom. The molecular weight excluding hydrogens is 398 g/mol. The predicted molar refractivity (Wildman–Crippen MR) is 129 cm³/mol. The van der Waals surface area contributed by atoms with Gasteiger partial charge < -0.3 is 14.6 Å². The second-order valence-corrected chi connectivity index (χ2v) is 8.92. The van der Waals surface area contributed by atoms with Gasteiger partial charge in [0.1, 0.15) is 11.6 Å². The molecule has 0 saturated heterocycles. The molecule has 0 bridgehead atoms. The number of benzene rings is 2. The van der Waals surface area contributed by atoms with Crippen LogP contribution in [-0.2, 0) is 17.8 Å². The highest BCUT2D eigenvalue weighted by Gasteiger charge is 2.20. The zero-order valence-electron chi connectivity index (χ0n) is 19.2. The average Bonchev–Trinajstić information content (AvgIpc) is 3.17. The van der Waals surface area contributed by atoms with E-state index in [1.807, 2.05) is 18.2 Å². The first-order chi connectivity index (χ1) is 15.7. The summed E-state index contributed by atoms with van der Waals surface area (Å²) in [5, 5.41) is 3.15. The van der Waals surface area contributed by atoms with Gasteiger partial charge in [-0.1, -0.05) is 43.5 Å². The van der Waals surface area contributed by atoms with E-state index < -0.39 is 0 Å². The number of aryl methyl sites for hydroxylation is 3. The minimum atomic E-state index is 0.224. The van der Waals surface area contributed by atoms with Crippen molar-refractivity contribution in [2.45, 2.75) is 64.8 Å². The number of ether oxygens (including phenoxy) is 1. The summed E-state index contributed by atoms with van der Waals surface area (Å²) in [4.78, 5) is 17.3. The fourth-order valence-corrected chi connectivity index (χ4v) is 4.65. The molecule has 0 atom stereocenters. The first-order valence-electron chi connectivity index (χ1n) is 12.1. The highest BCUT2D eigenvalue weighted by molar-refractivity contribution is 5.78. The Morgan fingerprint density at radius 2 is 1.94 bits per heavy atom. The number of nitrogens with one attached hydrogen (secondary N) is 1. The van der Waals surface area contributed by atoms with Crippen LogP contribution in [0.3, 0.4) is 0 Å². The number of carbonyl (C=O) groups excluding carboxylic acids is 1. The van der Waals surface area contributed by atoms with E-state index in [0.29, 0.717) is 6.61 Å². The van der Waals surface area contributed by atoms with Crippen LogP contribution in [0.2, 0.25) is 0 Å². The Balaban J connectivity index is 1.30. The molecule has 1 N–H and O–H groups in total. The molecule has 5 heteroatoms. The van der Waals surface area contributed by atoms with Crippen LogP contribution in [0, 0.1) is 12.8 Å². The van der Waals surface area contributed by atoms with E-state index in [1.54, 1.807) is 0 Å². The van der Waals surface area contributed by atoms with Crippen LogP contribution in [0.5, 0.6) is 5.75 Å². The van der Waals surface area contributed by atoms with Crippen LogP contribution in [0.1, 0.15) is 56.3 Å². The summed E-state index contributed by atoms with van der Waals surface area (Å²) in [5.41, 5.74) is 3.42. The number of aromatic nitrogens is 2. The van der Waals surface area contributed by atoms with E-state index in [0.717, 1.165) is 62.3 Å². The zero-order chi connectivity index (χ0) is 22.2. The third-order valence-corrected chi connectivity index (χ3v) is 6.37. The van der Waals surface area contributed by atoms with Crippen LogP contribution >= 0.6 is 0 Å². The largest absolute Gasteiger partial charge is 0.494 e. The van der Waals surface area contributed by atoms with Crippen molar-refractivity contribution < 1.29 is 9.53 Å². The van der Waals surface area contributed by atoms with Gasteiger partial charge in [-0.15, -0.1) is 0 Å². The number of amides is 1. The molecule has 4 rings (SSSR count). The molecule has 5 nitrogen and oxygen atoms in total. The molecule has 1 aliphatic rings.